The molecule has 0 bridgehead atoms. The Morgan fingerprint density at radius 3 is 2.78 bits per heavy atom. The van der Waals surface area contributed by atoms with Gasteiger partial charge in [-0.25, -0.2) is 0 Å². The Kier molecular flexibility index (Phi) is 3.87. The van der Waals surface area contributed by atoms with Gasteiger partial charge < -0.3 is 14.4 Å². The molecule has 18 heavy (non-hydrogen) atoms. The molecule has 1 aromatic carbocycles. The SMILES string of the molecule is CC1(C)COCCN1C(=O)COc1ccccc1. The molecule has 0 N–H and O–H groups in total. The summed E-state index contributed by atoms with van der Waals surface area (Å²) in [5.74, 6) is 0.726. The quantitative estimate of drug-likeness (QED) is 0.818. The van der Waals surface area contributed by atoms with Crippen molar-refractivity contribution in [2.75, 3.05) is 26.4 Å². The van der Waals surface area contributed by atoms with E-state index in [-0.39, 0.29) is 18.1 Å². The van der Waals surface area contributed by atoms with Gasteiger partial charge in [0.05, 0.1) is 18.8 Å². The molecule has 0 atom stereocenters. The lowest BCUT2D eigenvalue weighted by molar-refractivity contribution is -0.148. The Morgan fingerprint density at radius 2 is 2.11 bits per heavy atom. The van der Waals surface area contributed by atoms with Crippen LogP contribution in [0, 0.1) is 0 Å². The average molecular weight is 249 g/mol. The predicted octanol–water partition coefficient (Wildman–Crippen LogP) is 1.70. The van der Waals surface area contributed by atoms with Crippen LogP contribution in [-0.2, 0) is 9.53 Å². The molecular formula is C14H19NO3. The van der Waals surface area contributed by atoms with Gasteiger partial charge in [-0.2, -0.15) is 0 Å². The smallest absolute Gasteiger partial charge is 0.261 e. The highest BCUT2D eigenvalue weighted by molar-refractivity contribution is 5.78. The number of para-hydroxylation sites is 1. The van der Waals surface area contributed by atoms with E-state index in [2.05, 4.69) is 0 Å². The first kappa shape index (κ1) is 12.9. The van der Waals surface area contributed by atoms with E-state index in [9.17, 15) is 4.79 Å². The number of hydrogen-bond donors (Lipinski definition) is 0. The van der Waals surface area contributed by atoms with E-state index in [4.69, 9.17) is 9.47 Å². The number of rotatable bonds is 3. The molecule has 1 amide bonds. The summed E-state index contributed by atoms with van der Waals surface area (Å²) in [6.07, 6.45) is 0. The van der Waals surface area contributed by atoms with Crippen LogP contribution < -0.4 is 4.74 Å². The molecule has 1 aliphatic rings. The Bertz CT molecular complexity index is 403. The van der Waals surface area contributed by atoms with E-state index in [1.54, 1.807) is 0 Å². The van der Waals surface area contributed by atoms with E-state index >= 15 is 0 Å². The first-order valence-electron chi connectivity index (χ1n) is 6.16. The molecule has 0 radical (unpaired) electrons. The third-order valence-electron chi connectivity index (χ3n) is 3.05. The number of hydrogen-bond acceptors (Lipinski definition) is 3. The van der Waals surface area contributed by atoms with Crippen molar-refractivity contribution < 1.29 is 14.3 Å². The third-order valence-corrected chi connectivity index (χ3v) is 3.05. The van der Waals surface area contributed by atoms with Crippen LogP contribution in [0.2, 0.25) is 0 Å². The largest absolute Gasteiger partial charge is 0.484 e. The maximum absolute atomic E-state index is 12.1. The summed E-state index contributed by atoms with van der Waals surface area (Å²) in [5, 5.41) is 0. The van der Waals surface area contributed by atoms with Crippen LogP contribution in [0.1, 0.15) is 13.8 Å². The summed E-state index contributed by atoms with van der Waals surface area (Å²) in [6, 6.07) is 9.38. The van der Waals surface area contributed by atoms with Crippen LogP contribution in [-0.4, -0.2) is 42.7 Å². The molecule has 0 spiro atoms. The number of benzene rings is 1. The summed E-state index contributed by atoms with van der Waals surface area (Å²) in [4.78, 5) is 14.0. The van der Waals surface area contributed by atoms with Crippen LogP contribution in [0.4, 0.5) is 0 Å². The molecule has 0 saturated carbocycles. The van der Waals surface area contributed by atoms with Gasteiger partial charge in [0, 0.05) is 6.54 Å². The number of carbonyl (C=O) groups excluding carboxylic acids is 1. The maximum atomic E-state index is 12.1. The first-order valence-corrected chi connectivity index (χ1v) is 6.16. The van der Waals surface area contributed by atoms with Gasteiger partial charge in [-0.1, -0.05) is 18.2 Å². The third kappa shape index (κ3) is 3.01. The molecule has 2 rings (SSSR count). The minimum atomic E-state index is -0.255. The van der Waals surface area contributed by atoms with Crippen LogP contribution >= 0.6 is 0 Å². The topological polar surface area (TPSA) is 38.8 Å². The second-order valence-electron chi connectivity index (χ2n) is 5.01. The fourth-order valence-electron chi connectivity index (χ4n) is 2.06. The van der Waals surface area contributed by atoms with Crippen molar-refractivity contribution >= 4 is 5.91 Å². The summed E-state index contributed by atoms with van der Waals surface area (Å²) in [6.45, 7) is 5.89. The Hall–Kier alpha value is -1.55. The molecule has 4 heteroatoms. The van der Waals surface area contributed by atoms with Crippen LogP contribution in [0.5, 0.6) is 5.75 Å². The van der Waals surface area contributed by atoms with Crippen molar-refractivity contribution in [2.45, 2.75) is 19.4 Å². The first-order chi connectivity index (χ1) is 8.59. The Labute approximate surface area is 107 Å². The van der Waals surface area contributed by atoms with Gasteiger partial charge in [-0.3, -0.25) is 4.79 Å². The van der Waals surface area contributed by atoms with Gasteiger partial charge in [0.15, 0.2) is 6.61 Å². The summed E-state index contributed by atoms with van der Waals surface area (Å²) in [7, 11) is 0. The molecule has 0 aliphatic carbocycles. The second-order valence-corrected chi connectivity index (χ2v) is 5.01. The molecule has 0 aromatic heterocycles. The Morgan fingerprint density at radius 1 is 1.39 bits per heavy atom. The monoisotopic (exact) mass is 249 g/mol. The molecule has 1 fully saturated rings. The van der Waals surface area contributed by atoms with Gasteiger partial charge in [-0.15, -0.1) is 0 Å². The number of nitrogens with zero attached hydrogens (tertiary/aromatic N) is 1. The van der Waals surface area contributed by atoms with Crippen LogP contribution in [0.25, 0.3) is 0 Å². The van der Waals surface area contributed by atoms with Gasteiger partial charge >= 0.3 is 0 Å². The highest BCUT2D eigenvalue weighted by atomic mass is 16.5. The zero-order valence-corrected chi connectivity index (χ0v) is 10.9. The van der Waals surface area contributed by atoms with Crippen molar-refractivity contribution in [3.63, 3.8) is 0 Å². The van der Waals surface area contributed by atoms with Gasteiger partial charge in [0.1, 0.15) is 5.75 Å². The average Bonchev–Trinajstić information content (AvgIpc) is 2.37. The van der Waals surface area contributed by atoms with E-state index in [0.717, 1.165) is 5.75 Å². The summed E-state index contributed by atoms with van der Waals surface area (Å²) in [5.41, 5.74) is -0.255. The zero-order chi connectivity index (χ0) is 13.0. The predicted molar refractivity (Wildman–Crippen MR) is 68.5 cm³/mol. The normalized spacial score (nSPS) is 18.4. The van der Waals surface area contributed by atoms with E-state index in [1.165, 1.54) is 0 Å². The Balaban J connectivity index is 1.91. The minimum Gasteiger partial charge on any atom is -0.484 e. The lowest BCUT2D eigenvalue weighted by Crippen LogP contribution is -2.56. The fourth-order valence-corrected chi connectivity index (χ4v) is 2.06. The number of morpholine rings is 1. The number of amides is 1. The molecule has 1 aromatic rings. The molecule has 1 saturated heterocycles. The molecule has 1 heterocycles. The molecule has 4 nitrogen and oxygen atoms in total. The van der Waals surface area contributed by atoms with Crippen molar-refractivity contribution in [3.05, 3.63) is 30.3 Å². The minimum absolute atomic E-state index is 0.00662. The fraction of sp³-hybridized carbons (Fsp3) is 0.500. The van der Waals surface area contributed by atoms with E-state index < -0.39 is 0 Å². The standard InChI is InChI=1S/C14H19NO3/c1-14(2)11-17-9-8-15(14)13(16)10-18-12-6-4-3-5-7-12/h3-7H,8-11H2,1-2H3. The van der Waals surface area contributed by atoms with Gasteiger partial charge in [0.25, 0.3) is 5.91 Å². The van der Waals surface area contributed by atoms with Crippen LogP contribution in [0.3, 0.4) is 0 Å². The molecule has 98 valence electrons. The lowest BCUT2D eigenvalue weighted by atomic mass is 10.0. The molecule has 0 unspecified atom stereocenters. The van der Waals surface area contributed by atoms with E-state index in [1.807, 2.05) is 49.1 Å². The summed E-state index contributed by atoms with van der Waals surface area (Å²) < 4.78 is 10.9. The highest BCUT2D eigenvalue weighted by Gasteiger charge is 2.34. The van der Waals surface area contributed by atoms with Gasteiger partial charge in [0.2, 0.25) is 0 Å². The highest BCUT2D eigenvalue weighted by Crippen LogP contribution is 2.19. The second kappa shape index (κ2) is 5.40. The van der Waals surface area contributed by atoms with E-state index in [0.29, 0.717) is 19.8 Å². The molecule has 1 aliphatic heterocycles. The lowest BCUT2D eigenvalue weighted by Gasteiger charge is -2.42. The van der Waals surface area contributed by atoms with Crippen molar-refractivity contribution in [1.82, 2.24) is 4.90 Å². The maximum Gasteiger partial charge on any atom is 0.261 e. The molecular weight excluding hydrogens is 230 g/mol. The van der Waals surface area contributed by atoms with Crippen molar-refractivity contribution in [3.8, 4) is 5.75 Å². The number of ether oxygens (including phenoxy) is 2. The van der Waals surface area contributed by atoms with Crippen LogP contribution in [0.15, 0.2) is 30.3 Å². The van der Waals surface area contributed by atoms with Crippen molar-refractivity contribution in [2.24, 2.45) is 0 Å². The zero-order valence-electron chi connectivity index (χ0n) is 10.9. The number of carbonyl (C=O) groups is 1. The van der Waals surface area contributed by atoms with Gasteiger partial charge in [-0.05, 0) is 26.0 Å². The summed E-state index contributed by atoms with van der Waals surface area (Å²) >= 11 is 0. The van der Waals surface area contributed by atoms with Crippen molar-refractivity contribution in [1.29, 1.82) is 0 Å².